The number of nitrogens with zero attached hydrogens (tertiary/aromatic N) is 2. The van der Waals surface area contributed by atoms with Gasteiger partial charge in [0.2, 0.25) is 0 Å². The van der Waals surface area contributed by atoms with E-state index in [9.17, 15) is 0 Å². The van der Waals surface area contributed by atoms with Crippen molar-refractivity contribution in [1.82, 2.24) is 10.6 Å². The van der Waals surface area contributed by atoms with Gasteiger partial charge < -0.3 is 20.3 Å². The Kier molecular flexibility index (Phi) is 9.31. The number of rotatable bonds is 7. The van der Waals surface area contributed by atoms with Crippen LogP contribution in [0.5, 0.6) is 5.75 Å². The lowest BCUT2D eigenvalue weighted by atomic mass is 10.1. The molecule has 6 heteroatoms. The van der Waals surface area contributed by atoms with Gasteiger partial charge in [0.05, 0.1) is 13.7 Å². The molecule has 0 saturated heterocycles. The number of nitrogens with one attached hydrogen (secondary N) is 2. The summed E-state index contributed by atoms with van der Waals surface area (Å²) in [5.41, 5.74) is 4.76. The molecule has 0 saturated carbocycles. The maximum atomic E-state index is 5.50. The fraction of sp³-hybridized carbons (Fsp3) is 0.348. The number of hydrogen-bond donors (Lipinski definition) is 2. The minimum absolute atomic E-state index is 0. The van der Waals surface area contributed by atoms with Crippen LogP contribution in [0.2, 0.25) is 0 Å². The molecule has 0 aromatic heterocycles. The molecule has 1 aliphatic heterocycles. The molecule has 0 aliphatic carbocycles. The van der Waals surface area contributed by atoms with Crippen LogP contribution in [-0.4, -0.2) is 32.7 Å². The van der Waals surface area contributed by atoms with E-state index in [-0.39, 0.29) is 24.0 Å². The first kappa shape index (κ1) is 23.1. The molecule has 0 unspecified atom stereocenters. The Balaban J connectivity index is 0.00000300. The van der Waals surface area contributed by atoms with Gasteiger partial charge in [-0.3, -0.25) is 0 Å². The number of benzene rings is 2. The maximum absolute atomic E-state index is 5.50. The van der Waals surface area contributed by atoms with Crippen LogP contribution >= 0.6 is 24.0 Å². The lowest BCUT2D eigenvalue weighted by molar-refractivity contribution is 0.408. The van der Waals surface area contributed by atoms with Crippen LogP contribution in [0.1, 0.15) is 23.6 Å². The van der Waals surface area contributed by atoms with E-state index in [1.165, 1.54) is 16.8 Å². The standard InChI is InChI=1S/C23H30N4O.HI/c1-4-24-23(26-17-20-11-10-18(2)14-22(20)28-3)25-16-19-8-7-9-21(15-19)27-12-5-6-13-27;/h5-11,14-15H,4,12-13,16-17H2,1-3H3,(H2,24,25,26);1H. The molecule has 1 aliphatic rings. The highest BCUT2D eigenvalue weighted by atomic mass is 127. The summed E-state index contributed by atoms with van der Waals surface area (Å²) in [5, 5.41) is 6.73. The second kappa shape index (κ2) is 11.7. The number of halogens is 1. The lowest BCUT2D eigenvalue weighted by Gasteiger charge is -2.18. The zero-order valence-corrected chi connectivity index (χ0v) is 19.8. The second-order valence-electron chi connectivity index (χ2n) is 6.91. The van der Waals surface area contributed by atoms with Crippen LogP contribution in [-0.2, 0) is 13.1 Å². The van der Waals surface area contributed by atoms with Gasteiger partial charge in [-0.05, 0) is 43.2 Å². The van der Waals surface area contributed by atoms with E-state index < -0.39 is 0 Å². The van der Waals surface area contributed by atoms with E-state index in [0.717, 1.165) is 36.9 Å². The van der Waals surface area contributed by atoms with Gasteiger partial charge in [-0.15, -0.1) is 24.0 Å². The van der Waals surface area contributed by atoms with Gasteiger partial charge in [-0.25, -0.2) is 4.99 Å². The Labute approximate surface area is 191 Å². The summed E-state index contributed by atoms with van der Waals surface area (Å²) >= 11 is 0. The van der Waals surface area contributed by atoms with Gasteiger partial charge >= 0.3 is 0 Å². The second-order valence-corrected chi connectivity index (χ2v) is 6.91. The van der Waals surface area contributed by atoms with Gasteiger partial charge in [0.25, 0.3) is 0 Å². The molecular weight excluding hydrogens is 475 g/mol. The number of guanidine groups is 1. The molecule has 0 bridgehead atoms. The molecule has 2 aromatic carbocycles. The number of methoxy groups -OCH3 is 1. The molecule has 5 nitrogen and oxygen atoms in total. The van der Waals surface area contributed by atoms with Crippen LogP contribution in [0.4, 0.5) is 5.69 Å². The van der Waals surface area contributed by atoms with E-state index in [0.29, 0.717) is 13.1 Å². The quantitative estimate of drug-likeness (QED) is 0.255. The van der Waals surface area contributed by atoms with Crippen LogP contribution in [0.3, 0.4) is 0 Å². The average Bonchev–Trinajstić information content (AvgIpc) is 3.26. The predicted molar refractivity (Wildman–Crippen MR) is 133 cm³/mol. The molecule has 156 valence electrons. The highest BCUT2D eigenvalue weighted by Gasteiger charge is 2.08. The van der Waals surface area contributed by atoms with Gasteiger partial charge in [-0.2, -0.15) is 0 Å². The Morgan fingerprint density at radius 3 is 2.62 bits per heavy atom. The van der Waals surface area contributed by atoms with Crippen LogP contribution in [0.15, 0.2) is 59.6 Å². The van der Waals surface area contributed by atoms with E-state index in [1.807, 2.05) is 0 Å². The summed E-state index contributed by atoms with van der Waals surface area (Å²) in [5.74, 6) is 1.70. The minimum Gasteiger partial charge on any atom is -0.496 e. The van der Waals surface area contributed by atoms with Crippen molar-refractivity contribution in [3.63, 3.8) is 0 Å². The number of ether oxygens (including phenoxy) is 1. The average molecular weight is 506 g/mol. The third-order valence-electron chi connectivity index (χ3n) is 4.75. The topological polar surface area (TPSA) is 48.9 Å². The largest absolute Gasteiger partial charge is 0.496 e. The summed E-state index contributed by atoms with van der Waals surface area (Å²) in [6.45, 7) is 8.22. The van der Waals surface area contributed by atoms with Crippen molar-refractivity contribution in [3.8, 4) is 5.75 Å². The fourth-order valence-electron chi connectivity index (χ4n) is 3.23. The van der Waals surface area contributed by atoms with Crippen LogP contribution in [0.25, 0.3) is 0 Å². The Bertz CT molecular complexity index is 843. The molecule has 3 rings (SSSR count). The number of aryl methyl sites for hydroxylation is 1. The molecule has 29 heavy (non-hydrogen) atoms. The normalized spacial score (nSPS) is 13.2. The van der Waals surface area contributed by atoms with Gasteiger partial charge in [0.15, 0.2) is 5.96 Å². The minimum atomic E-state index is 0. The monoisotopic (exact) mass is 506 g/mol. The summed E-state index contributed by atoms with van der Waals surface area (Å²) in [7, 11) is 1.71. The zero-order valence-electron chi connectivity index (χ0n) is 17.4. The Hall–Kier alpha value is -2.22. The highest BCUT2D eigenvalue weighted by molar-refractivity contribution is 14.0. The third-order valence-corrected chi connectivity index (χ3v) is 4.75. The first-order chi connectivity index (χ1) is 13.7. The van der Waals surface area contributed by atoms with Crippen molar-refractivity contribution >= 4 is 35.6 Å². The molecule has 0 atom stereocenters. The fourth-order valence-corrected chi connectivity index (χ4v) is 3.23. The molecule has 2 N–H and O–H groups in total. The molecule has 0 spiro atoms. The molecule has 0 amide bonds. The smallest absolute Gasteiger partial charge is 0.191 e. The SMILES string of the molecule is CCNC(=NCc1cccc(N2CC=CC2)c1)NCc1ccc(C)cc1OC.I. The highest BCUT2D eigenvalue weighted by Crippen LogP contribution is 2.20. The summed E-state index contributed by atoms with van der Waals surface area (Å²) in [6, 6.07) is 14.9. The van der Waals surface area contributed by atoms with Crippen LogP contribution < -0.4 is 20.3 Å². The summed E-state index contributed by atoms with van der Waals surface area (Å²) in [6.07, 6.45) is 4.41. The molecule has 0 fully saturated rings. The maximum Gasteiger partial charge on any atom is 0.191 e. The van der Waals surface area contributed by atoms with Crippen molar-refractivity contribution in [2.75, 3.05) is 31.6 Å². The first-order valence-electron chi connectivity index (χ1n) is 9.84. The van der Waals surface area contributed by atoms with E-state index in [1.54, 1.807) is 7.11 Å². The number of hydrogen-bond acceptors (Lipinski definition) is 3. The molecule has 1 heterocycles. The summed E-state index contributed by atoms with van der Waals surface area (Å²) < 4.78 is 5.50. The van der Waals surface area contributed by atoms with Gasteiger partial charge in [0.1, 0.15) is 5.75 Å². The van der Waals surface area contributed by atoms with Crippen molar-refractivity contribution in [1.29, 1.82) is 0 Å². The van der Waals surface area contributed by atoms with Crippen molar-refractivity contribution in [2.45, 2.75) is 26.9 Å². The first-order valence-corrected chi connectivity index (χ1v) is 9.84. The molecule has 0 radical (unpaired) electrons. The van der Waals surface area contributed by atoms with E-state index in [4.69, 9.17) is 9.73 Å². The van der Waals surface area contributed by atoms with Crippen molar-refractivity contribution in [2.24, 2.45) is 4.99 Å². The lowest BCUT2D eigenvalue weighted by Crippen LogP contribution is -2.36. The molecule has 2 aromatic rings. The van der Waals surface area contributed by atoms with Gasteiger partial charge in [-0.1, -0.05) is 36.4 Å². The number of aliphatic imine (C=N–C) groups is 1. The third kappa shape index (κ3) is 6.66. The molecular formula is C23H31IN4O. The summed E-state index contributed by atoms with van der Waals surface area (Å²) in [4.78, 5) is 7.11. The Morgan fingerprint density at radius 1 is 1.10 bits per heavy atom. The van der Waals surface area contributed by atoms with Crippen molar-refractivity contribution < 1.29 is 4.74 Å². The van der Waals surface area contributed by atoms with E-state index in [2.05, 4.69) is 84.0 Å². The van der Waals surface area contributed by atoms with Gasteiger partial charge in [0, 0.05) is 37.4 Å². The van der Waals surface area contributed by atoms with E-state index >= 15 is 0 Å². The van der Waals surface area contributed by atoms with Crippen molar-refractivity contribution in [3.05, 3.63) is 71.3 Å². The number of anilines is 1. The predicted octanol–water partition coefficient (Wildman–Crippen LogP) is 4.25. The zero-order chi connectivity index (χ0) is 19.8. The Morgan fingerprint density at radius 2 is 1.90 bits per heavy atom. The van der Waals surface area contributed by atoms with Crippen LogP contribution in [0, 0.1) is 6.92 Å².